The summed E-state index contributed by atoms with van der Waals surface area (Å²) in [4.78, 5) is 0. The van der Waals surface area contributed by atoms with Gasteiger partial charge in [-0.25, -0.2) is 4.21 Å². The molecule has 13 heavy (non-hydrogen) atoms. The van der Waals surface area contributed by atoms with Crippen LogP contribution in [0.1, 0.15) is 0 Å². The van der Waals surface area contributed by atoms with Crippen molar-refractivity contribution in [3.05, 3.63) is 36.4 Å². The summed E-state index contributed by atoms with van der Waals surface area (Å²) >= 11 is 0. The fourth-order valence-corrected chi connectivity index (χ4v) is 0.385. The molecule has 0 aliphatic carbocycles. The van der Waals surface area contributed by atoms with Crippen LogP contribution in [0.5, 0.6) is 0 Å². The van der Waals surface area contributed by atoms with E-state index in [9.17, 15) is 12.6 Å². The molecule has 1 rings (SSSR count). The molecule has 7 heteroatoms. The molecule has 0 spiro atoms. The van der Waals surface area contributed by atoms with Gasteiger partial charge in [0.1, 0.15) is 0 Å². The van der Waals surface area contributed by atoms with E-state index in [1.54, 1.807) is 0 Å². The lowest BCUT2D eigenvalue weighted by Gasteiger charge is -1.80. The second-order valence-electron chi connectivity index (χ2n) is 1.80. The molecule has 74 valence electrons. The highest BCUT2D eigenvalue weighted by Crippen LogP contribution is 1.83. The molecule has 0 aliphatic rings. The van der Waals surface area contributed by atoms with Crippen molar-refractivity contribution < 1.29 is 21.7 Å². The van der Waals surface area contributed by atoms with E-state index >= 15 is 0 Å². The van der Waals surface area contributed by atoms with Crippen molar-refractivity contribution in [3.63, 3.8) is 0 Å². The minimum atomic E-state index is -4.71. The van der Waals surface area contributed by atoms with Crippen LogP contribution >= 0.6 is 0 Å². The highest BCUT2D eigenvalue weighted by atomic mass is 33.2. The lowest BCUT2D eigenvalue weighted by Crippen LogP contribution is -2.03. The van der Waals surface area contributed by atoms with Crippen LogP contribution in [-0.2, 0) is 19.3 Å². The summed E-state index contributed by atoms with van der Waals surface area (Å²) in [6.07, 6.45) is 0. The third-order valence-corrected chi connectivity index (χ3v) is 2.29. The summed E-state index contributed by atoms with van der Waals surface area (Å²) < 4.78 is 43.0. The second kappa shape index (κ2) is 5.81. The average molecular weight is 224 g/mol. The van der Waals surface area contributed by atoms with Crippen molar-refractivity contribution >= 4 is 19.3 Å². The standard InChI is InChI=1S/C6H6.H2O5S2/c1-2-4-6-5-3-1;1-6(2)7(3,4)5/h1-6H;(H,1,2)(H,3,4,5). The van der Waals surface area contributed by atoms with Crippen molar-refractivity contribution in [3.8, 4) is 0 Å². The van der Waals surface area contributed by atoms with Crippen molar-refractivity contribution in [1.29, 1.82) is 0 Å². The molecule has 0 saturated heterocycles. The first kappa shape index (κ1) is 12.2. The predicted molar refractivity (Wildman–Crippen MR) is 48.8 cm³/mol. The molecule has 0 saturated carbocycles. The summed E-state index contributed by atoms with van der Waals surface area (Å²) in [5.74, 6) is 0. The van der Waals surface area contributed by atoms with Gasteiger partial charge in [-0.1, -0.05) is 36.4 Å². The van der Waals surface area contributed by atoms with Gasteiger partial charge in [-0.05, 0) is 0 Å². The smallest absolute Gasteiger partial charge is 0.292 e. The van der Waals surface area contributed by atoms with E-state index < -0.39 is 19.3 Å². The summed E-state index contributed by atoms with van der Waals surface area (Å²) in [5.41, 5.74) is 0. The lowest BCUT2D eigenvalue weighted by molar-refractivity contribution is 0.488. The molecule has 5 nitrogen and oxygen atoms in total. The van der Waals surface area contributed by atoms with Gasteiger partial charge in [0, 0.05) is 0 Å². The van der Waals surface area contributed by atoms with Gasteiger partial charge in [0.15, 0.2) is 0 Å². The lowest BCUT2D eigenvalue weighted by atomic mass is 10.4. The molecule has 0 aromatic heterocycles. The fourth-order valence-electron chi connectivity index (χ4n) is 0.385. The Morgan fingerprint density at radius 1 is 0.923 bits per heavy atom. The van der Waals surface area contributed by atoms with E-state index in [-0.39, 0.29) is 0 Å². The van der Waals surface area contributed by atoms with Crippen LogP contribution < -0.4 is 0 Å². The van der Waals surface area contributed by atoms with Crippen LogP contribution in [0.15, 0.2) is 36.4 Å². The van der Waals surface area contributed by atoms with Crippen molar-refractivity contribution in [1.82, 2.24) is 0 Å². The van der Waals surface area contributed by atoms with Crippen molar-refractivity contribution in [2.45, 2.75) is 0 Å². The first-order chi connectivity index (χ1) is 5.94. The van der Waals surface area contributed by atoms with E-state index in [0.29, 0.717) is 0 Å². The number of hydrogen-bond acceptors (Lipinski definition) is 3. The molecule has 1 aromatic rings. The molecule has 0 amide bonds. The third kappa shape index (κ3) is 7.60. The van der Waals surface area contributed by atoms with E-state index in [0.717, 1.165) is 0 Å². The van der Waals surface area contributed by atoms with E-state index in [1.165, 1.54) is 0 Å². The van der Waals surface area contributed by atoms with Crippen LogP contribution in [0.4, 0.5) is 0 Å². The second-order valence-corrected chi connectivity index (χ2v) is 5.21. The summed E-state index contributed by atoms with van der Waals surface area (Å²) in [6.45, 7) is 0. The molecule has 1 unspecified atom stereocenters. The Kier molecular flexibility index (Phi) is 5.47. The van der Waals surface area contributed by atoms with Gasteiger partial charge >= 0.3 is 19.3 Å². The maximum atomic E-state index is 9.34. The zero-order valence-electron chi connectivity index (χ0n) is 6.40. The summed E-state index contributed by atoms with van der Waals surface area (Å²) in [5, 5.41) is 0. The molecule has 1 atom stereocenters. The van der Waals surface area contributed by atoms with Gasteiger partial charge in [-0.15, -0.1) is 0 Å². The number of rotatable bonds is 1. The first-order valence-corrected chi connectivity index (χ1v) is 6.10. The molecule has 0 fully saturated rings. The van der Waals surface area contributed by atoms with Gasteiger partial charge in [-0.2, -0.15) is 8.42 Å². The predicted octanol–water partition coefficient (Wildman–Crippen LogP) is 0.698. The minimum absolute atomic E-state index is 2.00. The maximum absolute atomic E-state index is 9.34. The van der Waals surface area contributed by atoms with Gasteiger partial charge in [0.2, 0.25) is 0 Å². The maximum Gasteiger partial charge on any atom is 0.373 e. The highest BCUT2D eigenvalue weighted by molar-refractivity contribution is 8.59. The molecule has 0 aliphatic heterocycles. The minimum Gasteiger partial charge on any atom is -0.292 e. The van der Waals surface area contributed by atoms with E-state index in [4.69, 9.17) is 9.11 Å². The van der Waals surface area contributed by atoms with E-state index in [2.05, 4.69) is 0 Å². The van der Waals surface area contributed by atoms with Crippen molar-refractivity contribution in [2.24, 2.45) is 0 Å². The van der Waals surface area contributed by atoms with Crippen molar-refractivity contribution in [2.75, 3.05) is 0 Å². The van der Waals surface area contributed by atoms with Crippen LogP contribution in [0.3, 0.4) is 0 Å². The Bertz CT molecular complexity index is 318. The van der Waals surface area contributed by atoms with Gasteiger partial charge in [-0.3, -0.25) is 9.11 Å². The molecule has 0 heterocycles. The molecular weight excluding hydrogens is 216 g/mol. The van der Waals surface area contributed by atoms with Crippen LogP contribution in [-0.4, -0.2) is 21.7 Å². The number of benzene rings is 1. The Morgan fingerprint density at radius 2 is 1.08 bits per heavy atom. The molecule has 0 bridgehead atoms. The summed E-state index contributed by atoms with van der Waals surface area (Å²) in [7, 11) is -7.87. The largest absolute Gasteiger partial charge is 0.373 e. The number of hydrogen-bond donors (Lipinski definition) is 2. The van der Waals surface area contributed by atoms with E-state index in [1.807, 2.05) is 36.4 Å². The molecule has 2 N–H and O–H groups in total. The third-order valence-electron chi connectivity index (χ3n) is 0.847. The molecule has 1 aromatic carbocycles. The molecule has 0 radical (unpaired) electrons. The van der Waals surface area contributed by atoms with Crippen LogP contribution in [0, 0.1) is 0 Å². The fraction of sp³-hybridized carbons (Fsp3) is 0. The van der Waals surface area contributed by atoms with Crippen LogP contribution in [0.25, 0.3) is 0 Å². The van der Waals surface area contributed by atoms with Crippen LogP contribution in [0.2, 0.25) is 0 Å². The SMILES string of the molecule is O=S(O)S(=O)(=O)O.c1ccccc1. The zero-order chi connectivity index (χ0) is 10.3. The monoisotopic (exact) mass is 224 g/mol. The normalized spacial score (nSPS) is 12.5. The van der Waals surface area contributed by atoms with Gasteiger partial charge < -0.3 is 0 Å². The zero-order valence-corrected chi connectivity index (χ0v) is 8.03. The Labute approximate surface area is 77.8 Å². The van der Waals surface area contributed by atoms with Gasteiger partial charge in [0.25, 0.3) is 0 Å². The summed E-state index contributed by atoms with van der Waals surface area (Å²) in [6, 6.07) is 12.0. The first-order valence-electron chi connectivity index (χ1n) is 3.03. The van der Waals surface area contributed by atoms with Gasteiger partial charge in [0.05, 0.1) is 0 Å². The molecular formula is C6H8O5S2. The topological polar surface area (TPSA) is 91.7 Å². The quantitative estimate of drug-likeness (QED) is 0.416. The average Bonchev–Trinajstić information content (AvgIpc) is 2.07. The Balaban J connectivity index is 0.000000223. The Morgan fingerprint density at radius 3 is 1.15 bits per heavy atom. The Hall–Kier alpha value is -0.760. The highest BCUT2D eigenvalue weighted by Gasteiger charge is 2.10.